The van der Waals surface area contributed by atoms with Crippen molar-refractivity contribution in [3.8, 4) is 0 Å². The first-order valence-corrected chi connectivity index (χ1v) is 5.55. The lowest BCUT2D eigenvalue weighted by atomic mass is 10.0. The largest absolute Gasteiger partial charge is 0.465 e. The molecule has 0 aliphatic rings. The molecule has 96 valence electrons. The van der Waals surface area contributed by atoms with Crippen molar-refractivity contribution >= 4 is 11.9 Å². The van der Waals surface area contributed by atoms with E-state index in [1.165, 1.54) is 7.11 Å². The number of methoxy groups -OCH3 is 1. The fourth-order valence-electron chi connectivity index (χ4n) is 1.37. The predicted octanol–water partition coefficient (Wildman–Crippen LogP) is 2.06. The molecule has 4 nitrogen and oxygen atoms in total. The summed E-state index contributed by atoms with van der Waals surface area (Å²) in [5.41, 5.74) is 0.770. The van der Waals surface area contributed by atoms with Gasteiger partial charge >= 0.3 is 11.9 Å². The molecule has 1 aromatic carbocycles. The summed E-state index contributed by atoms with van der Waals surface area (Å²) in [7, 11) is 1.19. The van der Waals surface area contributed by atoms with Gasteiger partial charge in [0.15, 0.2) is 0 Å². The van der Waals surface area contributed by atoms with Crippen molar-refractivity contribution < 1.29 is 19.1 Å². The van der Waals surface area contributed by atoms with Gasteiger partial charge in [0.05, 0.1) is 13.7 Å². The molecule has 0 bridgehead atoms. The molecular formula is C14H16O4. The molecule has 4 heteroatoms. The van der Waals surface area contributed by atoms with Gasteiger partial charge in [0.1, 0.15) is 5.57 Å². The normalized spacial score (nSPS) is 11.4. The van der Waals surface area contributed by atoms with Crippen LogP contribution < -0.4 is 0 Å². The van der Waals surface area contributed by atoms with Gasteiger partial charge in [-0.25, -0.2) is 9.59 Å². The molecule has 1 unspecified atom stereocenters. The van der Waals surface area contributed by atoms with E-state index >= 15 is 0 Å². The van der Waals surface area contributed by atoms with Crippen molar-refractivity contribution in [1.29, 1.82) is 0 Å². The molecule has 0 aliphatic carbocycles. The molecule has 0 saturated carbocycles. The summed E-state index contributed by atoms with van der Waals surface area (Å²) < 4.78 is 9.39. The minimum atomic E-state index is -0.771. The number of benzene rings is 1. The molecule has 0 fully saturated rings. The first-order chi connectivity index (χ1) is 8.56. The molecule has 0 N–H and O–H groups in total. The zero-order valence-electron chi connectivity index (χ0n) is 10.5. The topological polar surface area (TPSA) is 52.6 Å². The molecule has 1 aromatic rings. The van der Waals surface area contributed by atoms with E-state index in [-0.39, 0.29) is 18.1 Å². The van der Waals surface area contributed by atoms with Crippen molar-refractivity contribution in [2.45, 2.75) is 12.8 Å². The highest BCUT2D eigenvalue weighted by Gasteiger charge is 2.18. The molecule has 1 atom stereocenters. The Morgan fingerprint density at radius 2 is 1.83 bits per heavy atom. The van der Waals surface area contributed by atoms with Gasteiger partial charge in [0.25, 0.3) is 0 Å². The SMILES string of the molecule is C=C(C(=O)OC)C(=O)OCC(C)c1ccccc1. The third-order valence-electron chi connectivity index (χ3n) is 2.51. The van der Waals surface area contributed by atoms with Crippen LogP contribution in [0.25, 0.3) is 0 Å². The summed E-state index contributed by atoms with van der Waals surface area (Å²) in [6.45, 7) is 5.45. The highest BCUT2D eigenvalue weighted by atomic mass is 16.5. The first kappa shape index (κ1) is 14.0. The second-order valence-electron chi connectivity index (χ2n) is 3.88. The van der Waals surface area contributed by atoms with Gasteiger partial charge in [-0.05, 0) is 5.56 Å². The van der Waals surface area contributed by atoms with Crippen molar-refractivity contribution in [2.24, 2.45) is 0 Å². The minimum Gasteiger partial charge on any atom is -0.465 e. The van der Waals surface area contributed by atoms with E-state index in [1.54, 1.807) is 0 Å². The van der Waals surface area contributed by atoms with Gasteiger partial charge in [0, 0.05) is 5.92 Å². The van der Waals surface area contributed by atoms with Crippen molar-refractivity contribution in [3.63, 3.8) is 0 Å². The van der Waals surface area contributed by atoms with E-state index in [2.05, 4.69) is 11.3 Å². The quantitative estimate of drug-likeness (QED) is 0.346. The Morgan fingerprint density at radius 3 is 2.39 bits per heavy atom. The van der Waals surface area contributed by atoms with E-state index in [0.717, 1.165) is 5.56 Å². The fraction of sp³-hybridized carbons (Fsp3) is 0.286. The molecular weight excluding hydrogens is 232 g/mol. The van der Waals surface area contributed by atoms with Gasteiger partial charge in [0.2, 0.25) is 0 Å². The number of hydrogen-bond acceptors (Lipinski definition) is 4. The zero-order chi connectivity index (χ0) is 13.5. The van der Waals surface area contributed by atoms with Crippen LogP contribution in [0.3, 0.4) is 0 Å². The Bertz CT molecular complexity index is 436. The number of carbonyl (C=O) groups is 2. The maximum atomic E-state index is 11.5. The van der Waals surface area contributed by atoms with Crippen molar-refractivity contribution in [3.05, 3.63) is 48.0 Å². The number of carbonyl (C=O) groups excluding carboxylic acids is 2. The van der Waals surface area contributed by atoms with Crippen LogP contribution in [0.5, 0.6) is 0 Å². The summed E-state index contributed by atoms with van der Waals surface area (Å²) >= 11 is 0. The maximum absolute atomic E-state index is 11.5. The van der Waals surface area contributed by atoms with Gasteiger partial charge in [-0.3, -0.25) is 0 Å². The Morgan fingerprint density at radius 1 is 1.22 bits per heavy atom. The van der Waals surface area contributed by atoms with E-state index in [0.29, 0.717) is 0 Å². The Kier molecular flexibility index (Phi) is 5.11. The van der Waals surface area contributed by atoms with Gasteiger partial charge in [-0.1, -0.05) is 43.8 Å². The van der Waals surface area contributed by atoms with E-state index in [1.807, 2.05) is 37.3 Å². The first-order valence-electron chi connectivity index (χ1n) is 5.55. The standard InChI is InChI=1S/C14H16O4/c1-10(12-7-5-4-6-8-12)9-18-14(16)11(2)13(15)17-3/h4-8,10H,2,9H2,1,3H3. The second-order valence-corrected chi connectivity index (χ2v) is 3.88. The van der Waals surface area contributed by atoms with Crippen molar-refractivity contribution in [1.82, 2.24) is 0 Å². The lowest BCUT2D eigenvalue weighted by Gasteiger charge is -2.12. The van der Waals surface area contributed by atoms with Gasteiger partial charge in [-0.15, -0.1) is 0 Å². The molecule has 0 aromatic heterocycles. The molecule has 0 aliphatic heterocycles. The number of hydrogen-bond donors (Lipinski definition) is 0. The van der Waals surface area contributed by atoms with Crippen molar-refractivity contribution in [2.75, 3.05) is 13.7 Å². The second kappa shape index (κ2) is 6.59. The summed E-state index contributed by atoms with van der Waals surface area (Å²) in [6.07, 6.45) is 0. The number of esters is 2. The lowest BCUT2D eigenvalue weighted by molar-refractivity contribution is -0.145. The smallest absolute Gasteiger partial charge is 0.344 e. The third kappa shape index (κ3) is 3.73. The van der Waals surface area contributed by atoms with E-state index in [9.17, 15) is 9.59 Å². The van der Waals surface area contributed by atoms with Crippen LogP contribution in [0.1, 0.15) is 18.4 Å². The monoisotopic (exact) mass is 248 g/mol. The van der Waals surface area contributed by atoms with Crippen LogP contribution in [-0.2, 0) is 19.1 Å². The number of rotatable bonds is 5. The van der Waals surface area contributed by atoms with Crippen LogP contribution in [0.2, 0.25) is 0 Å². The minimum absolute atomic E-state index is 0.0561. The van der Waals surface area contributed by atoms with Gasteiger partial charge in [-0.2, -0.15) is 0 Å². The summed E-state index contributed by atoms with van der Waals surface area (Å²) in [6, 6.07) is 9.66. The molecule has 18 heavy (non-hydrogen) atoms. The van der Waals surface area contributed by atoms with E-state index in [4.69, 9.17) is 4.74 Å². The molecule has 1 rings (SSSR count). The predicted molar refractivity (Wildman–Crippen MR) is 67.0 cm³/mol. The summed E-state index contributed by atoms with van der Waals surface area (Å²) in [4.78, 5) is 22.5. The Labute approximate surface area is 106 Å². The molecule has 0 amide bonds. The van der Waals surface area contributed by atoms with Crippen LogP contribution in [0.15, 0.2) is 42.5 Å². The highest BCUT2D eigenvalue weighted by Crippen LogP contribution is 2.15. The summed E-state index contributed by atoms with van der Waals surface area (Å²) in [5, 5.41) is 0. The van der Waals surface area contributed by atoms with Crippen LogP contribution in [0, 0.1) is 0 Å². The third-order valence-corrected chi connectivity index (χ3v) is 2.51. The fourth-order valence-corrected chi connectivity index (χ4v) is 1.37. The average Bonchev–Trinajstić information content (AvgIpc) is 2.43. The Balaban J connectivity index is 2.49. The molecule has 0 spiro atoms. The Hall–Kier alpha value is -2.10. The zero-order valence-corrected chi connectivity index (χ0v) is 10.5. The van der Waals surface area contributed by atoms with E-state index < -0.39 is 11.9 Å². The molecule has 0 radical (unpaired) electrons. The van der Waals surface area contributed by atoms with Gasteiger partial charge < -0.3 is 9.47 Å². The van der Waals surface area contributed by atoms with Crippen LogP contribution in [-0.4, -0.2) is 25.7 Å². The lowest BCUT2D eigenvalue weighted by Crippen LogP contribution is -2.18. The molecule has 0 saturated heterocycles. The van der Waals surface area contributed by atoms with Crippen LogP contribution in [0.4, 0.5) is 0 Å². The molecule has 0 heterocycles. The van der Waals surface area contributed by atoms with Crippen LogP contribution >= 0.6 is 0 Å². The summed E-state index contributed by atoms with van der Waals surface area (Å²) in [5.74, 6) is -1.46. The maximum Gasteiger partial charge on any atom is 0.344 e. The number of ether oxygens (including phenoxy) is 2. The highest BCUT2D eigenvalue weighted by molar-refractivity contribution is 6.13. The average molecular weight is 248 g/mol.